The molecule has 1 saturated heterocycles. The van der Waals surface area contributed by atoms with E-state index in [1.807, 2.05) is 12.2 Å². The molecule has 136 valence electrons. The SMILES string of the molecule is COC(=O)c1ccc(NC(=O)[C@H](C)N2C(=O)[C@H]3CC=CC[C@H]3C2=O)cc1. The van der Waals surface area contributed by atoms with Crippen molar-refractivity contribution in [2.45, 2.75) is 25.8 Å². The van der Waals surface area contributed by atoms with Crippen molar-refractivity contribution < 1.29 is 23.9 Å². The topological polar surface area (TPSA) is 92.8 Å². The molecule has 1 N–H and O–H groups in total. The van der Waals surface area contributed by atoms with Gasteiger partial charge in [-0.1, -0.05) is 12.2 Å². The summed E-state index contributed by atoms with van der Waals surface area (Å²) in [4.78, 5) is 50.1. The fourth-order valence-corrected chi connectivity index (χ4v) is 3.38. The number of likely N-dealkylation sites (tertiary alicyclic amines) is 1. The molecule has 2 aliphatic rings. The minimum Gasteiger partial charge on any atom is -0.465 e. The summed E-state index contributed by atoms with van der Waals surface area (Å²) in [6, 6.07) is 5.28. The van der Waals surface area contributed by atoms with Crippen molar-refractivity contribution in [2.75, 3.05) is 12.4 Å². The summed E-state index contributed by atoms with van der Waals surface area (Å²) in [6.45, 7) is 1.54. The minimum absolute atomic E-state index is 0.284. The van der Waals surface area contributed by atoms with Crippen LogP contribution < -0.4 is 5.32 Å². The number of imide groups is 1. The summed E-state index contributed by atoms with van der Waals surface area (Å²) in [5, 5.41) is 2.67. The first-order valence-corrected chi connectivity index (χ1v) is 8.45. The number of carbonyl (C=O) groups excluding carboxylic acids is 4. The molecule has 1 aromatic rings. The molecule has 7 nitrogen and oxygen atoms in total. The smallest absolute Gasteiger partial charge is 0.337 e. The highest BCUT2D eigenvalue weighted by molar-refractivity contribution is 6.10. The maximum absolute atomic E-state index is 12.5. The fraction of sp³-hybridized carbons (Fsp3) is 0.368. The number of nitrogens with one attached hydrogen (secondary N) is 1. The summed E-state index contributed by atoms with van der Waals surface area (Å²) < 4.78 is 4.62. The van der Waals surface area contributed by atoms with Crippen LogP contribution in [0.25, 0.3) is 0 Å². The monoisotopic (exact) mass is 356 g/mol. The molecule has 1 aromatic carbocycles. The lowest BCUT2D eigenvalue weighted by Gasteiger charge is -2.22. The van der Waals surface area contributed by atoms with E-state index in [2.05, 4.69) is 10.1 Å². The Kier molecular flexibility index (Phi) is 4.88. The lowest BCUT2D eigenvalue weighted by atomic mass is 9.85. The molecule has 1 fully saturated rings. The number of hydrogen-bond acceptors (Lipinski definition) is 5. The average molecular weight is 356 g/mol. The largest absolute Gasteiger partial charge is 0.465 e. The number of methoxy groups -OCH3 is 1. The summed E-state index contributed by atoms with van der Waals surface area (Å²) in [6.07, 6.45) is 4.89. The van der Waals surface area contributed by atoms with Gasteiger partial charge in [0.2, 0.25) is 17.7 Å². The quantitative estimate of drug-likeness (QED) is 0.504. The van der Waals surface area contributed by atoms with E-state index in [1.165, 1.54) is 19.2 Å². The Bertz CT molecular complexity index is 758. The van der Waals surface area contributed by atoms with E-state index < -0.39 is 17.9 Å². The Hall–Kier alpha value is -2.96. The number of benzene rings is 1. The van der Waals surface area contributed by atoms with Crippen molar-refractivity contribution in [1.82, 2.24) is 4.90 Å². The number of amides is 3. The van der Waals surface area contributed by atoms with Crippen molar-refractivity contribution in [3.05, 3.63) is 42.0 Å². The maximum Gasteiger partial charge on any atom is 0.337 e. The third-order valence-corrected chi connectivity index (χ3v) is 4.88. The number of allylic oxidation sites excluding steroid dienone is 2. The van der Waals surface area contributed by atoms with Crippen LogP contribution in [0.1, 0.15) is 30.1 Å². The van der Waals surface area contributed by atoms with Gasteiger partial charge in [0.1, 0.15) is 6.04 Å². The van der Waals surface area contributed by atoms with Gasteiger partial charge in [0.15, 0.2) is 0 Å². The number of fused-ring (bicyclic) bond motifs is 1. The Balaban J connectivity index is 1.69. The maximum atomic E-state index is 12.5. The summed E-state index contributed by atoms with van der Waals surface area (Å²) in [5.41, 5.74) is 0.827. The molecule has 26 heavy (non-hydrogen) atoms. The van der Waals surface area contributed by atoms with E-state index >= 15 is 0 Å². The van der Waals surface area contributed by atoms with Gasteiger partial charge in [0.25, 0.3) is 0 Å². The van der Waals surface area contributed by atoms with Crippen LogP contribution in [0.5, 0.6) is 0 Å². The van der Waals surface area contributed by atoms with Crippen molar-refractivity contribution in [3.63, 3.8) is 0 Å². The number of anilines is 1. The Morgan fingerprint density at radius 1 is 1.08 bits per heavy atom. The second-order valence-corrected chi connectivity index (χ2v) is 6.44. The predicted octanol–water partition coefficient (Wildman–Crippen LogP) is 1.75. The van der Waals surface area contributed by atoms with Crippen LogP contribution in [0.4, 0.5) is 5.69 Å². The predicted molar refractivity (Wildman–Crippen MR) is 93.1 cm³/mol. The highest BCUT2D eigenvalue weighted by Crippen LogP contribution is 2.36. The third-order valence-electron chi connectivity index (χ3n) is 4.88. The molecule has 3 amide bonds. The molecule has 1 aliphatic heterocycles. The zero-order chi connectivity index (χ0) is 18.8. The molecule has 7 heteroatoms. The zero-order valence-electron chi connectivity index (χ0n) is 14.6. The van der Waals surface area contributed by atoms with Gasteiger partial charge in [-0.05, 0) is 44.0 Å². The van der Waals surface area contributed by atoms with Crippen molar-refractivity contribution in [3.8, 4) is 0 Å². The van der Waals surface area contributed by atoms with E-state index in [9.17, 15) is 19.2 Å². The number of rotatable bonds is 4. The number of hydrogen-bond donors (Lipinski definition) is 1. The average Bonchev–Trinajstić information content (AvgIpc) is 2.92. The molecular weight excluding hydrogens is 336 g/mol. The summed E-state index contributed by atoms with van der Waals surface area (Å²) in [5.74, 6) is -2.21. The van der Waals surface area contributed by atoms with Gasteiger partial charge in [-0.15, -0.1) is 0 Å². The molecule has 0 spiro atoms. The lowest BCUT2D eigenvalue weighted by molar-refractivity contribution is -0.146. The van der Waals surface area contributed by atoms with E-state index in [4.69, 9.17) is 0 Å². The first-order chi connectivity index (χ1) is 12.4. The van der Waals surface area contributed by atoms with Gasteiger partial charge in [-0.25, -0.2) is 4.79 Å². The third kappa shape index (κ3) is 3.12. The molecule has 0 radical (unpaired) electrons. The number of nitrogens with zero attached hydrogens (tertiary/aromatic N) is 1. The van der Waals surface area contributed by atoms with E-state index in [1.54, 1.807) is 19.1 Å². The van der Waals surface area contributed by atoms with E-state index in [0.717, 1.165) is 4.90 Å². The molecule has 0 saturated carbocycles. The fourth-order valence-electron chi connectivity index (χ4n) is 3.38. The Labute approximate surface area is 151 Å². The summed E-state index contributed by atoms with van der Waals surface area (Å²) >= 11 is 0. The molecule has 1 aliphatic carbocycles. The van der Waals surface area contributed by atoms with Crippen LogP contribution in [-0.4, -0.2) is 41.7 Å². The second kappa shape index (κ2) is 7.11. The Morgan fingerprint density at radius 2 is 1.62 bits per heavy atom. The van der Waals surface area contributed by atoms with Gasteiger partial charge in [-0.2, -0.15) is 0 Å². The van der Waals surface area contributed by atoms with Crippen LogP contribution >= 0.6 is 0 Å². The minimum atomic E-state index is -0.902. The first kappa shape index (κ1) is 17.8. The standard InChI is InChI=1S/C19H20N2O5/c1-11(21-17(23)14-5-3-4-6-15(14)18(21)24)16(22)20-13-9-7-12(8-10-13)19(25)26-2/h3-4,7-11,14-15H,5-6H2,1-2H3,(H,20,22)/t11-,14-,15+/m0/s1. The van der Waals surface area contributed by atoms with Gasteiger partial charge in [0, 0.05) is 5.69 Å². The lowest BCUT2D eigenvalue weighted by Crippen LogP contribution is -2.46. The number of esters is 1. The van der Waals surface area contributed by atoms with Gasteiger partial charge in [-0.3, -0.25) is 19.3 Å². The van der Waals surface area contributed by atoms with E-state index in [0.29, 0.717) is 24.1 Å². The molecule has 0 unspecified atom stereocenters. The van der Waals surface area contributed by atoms with Crippen molar-refractivity contribution in [1.29, 1.82) is 0 Å². The van der Waals surface area contributed by atoms with Crippen LogP contribution in [0.15, 0.2) is 36.4 Å². The number of carbonyl (C=O) groups is 4. The van der Waals surface area contributed by atoms with Gasteiger partial charge < -0.3 is 10.1 Å². The van der Waals surface area contributed by atoms with Crippen molar-refractivity contribution >= 4 is 29.4 Å². The molecule has 3 rings (SSSR count). The Morgan fingerprint density at radius 3 is 2.12 bits per heavy atom. The van der Waals surface area contributed by atoms with Gasteiger partial charge >= 0.3 is 5.97 Å². The van der Waals surface area contributed by atoms with Crippen LogP contribution in [0.2, 0.25) is 0 Å². The van der Waals surface area contributed by atoms with Crippen LogP contribution in [0.3, 0.4) is 0 Å². The first-order valence-electron chi connectivity index (χ1n) is 8.45. The van der Waals surface area contributed by atoms with Crippen molar-refractivity contribution in [2.24, 2.45) is 11.8 Å². The molecule has 0 bridgehead atoms. The normalized spacial score (nSPS) is 22.8. The summed E-state index contributed by atoms with van der Waals surface area (Å²) in [7, 11) is 1.29. The number of ether oxygens (including phenoxy) is 1. The molecule has 1 heterocycles. The second-order valence-electron chi connectivity index (χ2n) is 6.44. The van der Waals surface area contributed by atoms with Crippen LogP contribution in [-0.2, 0) is 19.1 Å². The molecular formula is C19H20N2O5. The highest BCUT2D eigenvalue weighted by Gasteiger charge is 2.50. The van der Waals surface area contributed by atoms with Crippen LogP contribution in [0, 0.1) is 11.8 Å². The zero-order valence-corrected chi connectivity index (χ0v) is 14.6. The van der Waals surface area contributed by atoms with E-state index in [-0.39, 0.29) is 23.7 Å². The molecule has 3 atom stereocenters. The molecule has 0 aromatic heterocycles. The highest BCUT2D eigenvalue weighted by atomic mass is 16.5. The van der Waals surface area contributed by atoms with Gasteiger partial charge in [0.05, 0.1) is 24.5 Å².